The molecule has 0 heterocycles. The van der Waals surface area contributed by atoms with Crippen LogP contribution in [0.15, 0.2) is 30.3 Å². The van der Waals surface area contributed by atoms with Crippen LogP contribution in [-0.2, 0) is 4.84 Å². The molecule has 88 valence electrons. The molecule has 0 aromatic heterocycles. The molecule has 0 radical (unpaired) electrons. The Morgan fingerprint density at radius 2 is 1.88 bits per heavy atom. The zero-order valence-electron chi connectivity index (χ0n) is 9.73. The number of carboxylic acid groups (broad SMARTS) is 1. The van der Waals surface area contributed by atoms with Crippen molar-refractivity contribution in [2.75, 3.05) is 0 Å². The van der Waals surface area contributed by atoms with E-state index in [4.69, 9.17) is 9.94 Å². The van der Waals surface area contributed by atoms with Crippen molar-refractivity contribution in [3.63, 3.8) is 0 Å². The first kappa shape index (κ1) is 12.5. The minimum atomic E-state index is -1.19. The molecular formula is C12H17NO3. The summed E-state index contributed by atoms with van der Waals surface area (Å²) in [6.45, 7) is 5.98. The van der Waals surface area contributed by atoms with Crippen molar-refractivity contribution in [1.82, 2.24) is 5.48 Å². The van der Waals surface area contributed by atoms with Gasteiger partial charge in [0.05, 0.1) is 0 Å². The minimum absolute atomic E-state index is 0.191. The molecule has 0 aliphatic heterocycles. The highest BCUT2D eigenvalue weighted by Crippen LogP contribution is 2.35. The van der Waals surface area contributed by atoms with Gasteiger partial charge in [-0.15, -0.1) is 0 Å². The summed E-state index contributed by atoms with van der Waals surface area (Å²) in [5, 5.41) is 8.54. The molecule has 0 aliphatic carbocycles. The Morgan fingerprint density at radius 3 is 2.31 bits per heavy atom. The molecule has 4 heteroatoms. The zero-order chi connectivity index (χ0) is 12.2. The topological polar surface area (TPSA) is 58.6 Å². The van der Waals surface area contributed by atoms with E-state index < -0.39 is 6.09 Å². The third-order valence-corrected chi connectivity index (χ3v) is 2.15. The fourth-order valence-electron chi connectivity index (χ4n) is 1.48. The highest BCUT2D eigenvalue weighted by atomic mass is 16.7. The van der Waals surface area contributed by atoms with Gasteiger partial charge in [0.25, 0.3) is 0 Å². The Bertz CT molecular complexity index is 343. The predicted octanol–water partition coefficient (Wildman–Crippen LogP) is 2.97. The summed E-state index contributed by atoms with van der Waals surface area (Å²) in [7, 11) is 0. The largest absolute Gasteiger partial charge is 0.464 e. The molecule has 4 nitrogen and oxygen atoms in total. The first-order chi connectivity index (χ1) is 7.41. The number of hydrogen-bond acceptors (Lipinski definition) is 2. The molecule has 1 aromatic rings. The number of hydrogen-bond donors (Lipinski definition) is 2. The van der Waals surface area contributed by atoms with Crippen LogP contribution >= 0.6 is 0 Å². The summed E-state index contributed by atoms with van der Waals surface area (Å²) in [5.74, 6) is 0. The van der Waals surface area contributed by atoms with E-state index in [2.05, 4.69) is 0 Å². The lowest BCUT2D eigenvalue weighted by Crippen LogP contribution is -2.30. The van der Waals surface area contributed by atoms with Crippen LogP contribution in [0.3, 0.4) is 0 Å². The molecule has 0 saturated carbocycles. The highest BCUT2D eigenvalue weighted by molar-refractivity contribution is 5.62. The smallest absolute Gasteiger partial charge is 0.428 e. The average molecular weight is 223 g/mol. The minimum Gasteiger partial charge on any atom is -0.464 e. The lowest BCUT2D eigenvalue weighted by Gasteiger charge is -2.29. The van der Waals surface area contributed by atoms with E-state index in [9.17, 15) is 4.79 Å². The predicted molar refractivity (Wildman–Crippen MR) is 60.9 cm³/mol. The van der Waals surface area contributed by atoms with Gasteiger partial charge in [-0.1, -0.05) is 51.1 Å². The van der Waals surface area contributed by atoms with E-state index in [1.807, 2.05) is 56.6 Å². The van der Waals surface area contributed by atoms with Crippen LogP contribution in [0.25, 0.3) is 0 Å². The lowest BCUT2D eigenvalue weighted by molar-refractivity contribution is -0.0703. The van der Waals surface area contributed by atoms with Gasteiger partial charge in [0.2, 0.25) is 0 Å². The number of hydroxylamine groups is 1. The van der Waals surface area contributed by atoms with Crippen LogP contribution in [0.5, 0.6) is 0 Å². The molecular weight excluding hydrogens is 206 g/mol. The summed E-state index contributed by atoms with van der Waals surface area (Å²) in [5.41, 5.74) is 2.72. The maximum Gasteiger partial charge on any atom is 0.428 e. The number of rotatable bonds is 3. The molecule has 0 spiro atoms. The molecule has 0 aliphatic rings. The van der Waals surface area contributed by atoms with E-state index >= 15 is 0 Å². The van der Waals surface area contributed by atoms with Crippen LogP contribution in [0, 0.1) is 5.41 Å². The summed E-state index contributed by atoms with van der Waals surface area (Å²) in [4.78, 5) is 15.6. The Kier molecular flexibility index (Phi) is 3.90. The molecule has 1 unspecified atom stereocenters. The van der Waals surface area contributed by atoms with Gasteiger partial charge in [0.15, 0.2) is 0 Å². The van der Waals surface area contributed by atoms with Crippen molar-refractivity contribution >= 4 is 6.09 Å². The molecule has 1 rings (SSSR count). The Balaban J connectivity index is 2.84. The maximum absolute atomic E-state index is 10.4. The van der Waals surface area contributed by atoms with Crippen molar-refractivity contribution < 1.29 is 14.7 Å². The molecule has 2 N–H and O–H groups in total. The Labute approximate surface area is 95.2 Å². The van der Waals surface area contributed by atoms with Gasteiger partial charge in [-0.25, -0.2) is 4.79 Å². The van der Waals surface area contributed by atoms with Crippen molar-refractivity contribution in [3.05, 3.63) is 35.9 Å². The third kappa shape index (κ3) is 3.55. The van der Waals surface area contributed by atoms with Gasteiger partial charge in [0.1, 0.15) is 6.10 Å². The van der Waals surface area contributed by atoms with E-state index in [1.54, 1.807) is 0 Å². The first-order valence-corrected chi connectivity index (χ1v) is 5.11. The molecule has 1 aromatic carbocycles. The second kappa shape index (κ2) is 4.99. The molecule has 0 saturated heterocycles. The summed E-state index contributed by atoms with van der Waals surface area (Å²) in [6, 6.07) is 9.54. The van der Waals surface area contributed by atoms with Crippen LogP contribution in [-0.4, -0.2) is 11.2 Å². The van der Waals surface area contributed by atoms with Gasteiger partial charge < -0.3 is 5.11 Å². The van der Waals surface area contributed by atoms with Crippen LogP contribution in [0.1, 0.15) is 32.4 Å². The van der Waals surface area contributed by atoms with Crippen LogP contribution in [0.4, 0.5) is 4.79 Å². The number of carbonyl (C=O) groups is 1. The zero-order valence-corrected chi connectivity index (χ0v) is 9.73. The second-order valence-corrected chi connectivity index (χ2v) is 4.68. The van der Waals surface area contributed by atoms with Crippen LogP contribution < -0.4 is 5.48 Å². The first-order valence-electron chi connectivity index (χ1n) is 5.11. The van der Waals surface area contributed by atoms with Crippen molar-refractivity contribution in [3.8, 4) is 0 Å². The van der Waals surface area contributed by atoms with Gasteiger partial charge >= 0.3 is 6.09 Å². The number of nitrogens with one attached hydrogen (secondary N) is 1. The lowest BCUT2D eigenvalue weighted by atomic mass is 9.85. The maximum atomic E-state index is 10.4. The van der Waals surface area contributed by atoms with E-state index in [0.29, 0.717) is 0 Å². The third-order valence-electron chi connectivity index (χ3n) is 2.15. The van der Waals surface area contributed by atoms with Gasteiger partial charge in [0, 0.05) is 0 Å². The molecule has 0 fully saturated rings. The molecule has 16 heavy (non-hydrogen) atoms. The molecule has 1 amide bonds. The Morgan fingerprint density at radius 1 is 1.31 bits per heavy atom. The molecule has 1 atom stereocenters. The van der Waals surface area contributed by atoms with E-state index in [1.165, 1.54) is 0 Å². The monoisotopic (exact) mass is 223 g/mol. The van der Waals surface area contributed by atoms with Crippen molar-refractivity contribution in [2.24, 2.45) is 5.41 Å². The summed E-state index contributed by atoms with van der Waals surface area (Å²) in [6.07, 6.45) is -1.50. The van der Waals surface area contributed by atoms with Gasteiger partial charge in [-0.3, -0.25) is 4.84 Å². The van der Waals surface area contributed by atoms with E-state index in [-0.39, 0.29) is 11.5 Å². The van der Waals surface area contributed by atoms with Crippen molar-refractivity contribution in [2.45, 2.75) is 26.9 Å². The normalized spacial score (nSPS) is 13.2. The molecule has 0 bridgehead atoms. The summed E-state index contributed by atoms with van der Waals surface area (Å²) < 4.78 is 0. The SMILES string of the molecule is CC(C)(C)C(ONC(=O)O)c1ccccc1. The summed E-state index contributed by atoms with van der Waals surface area (Å²) >= 11 is 0. The highest BCUT2D eigenvalue weighted by Gasteiger charge is 2.28. The quantitative estimate of drug-likeness (QED) is 0.774. The van der Waals surface area contributed by atoms with Crippen LogP contribution in [0.2, 0.25) is 0 Å². The standard InChI is InChI=1S/C12H17NO3/c1-12(2,3)10(16-13-11(14)15)9-7-5-4-6-8-9/h4-8,10,13H,1-3H3,(H,14,15). The fraction of sp³-hybridized carbons (Fsp3) is 0.417. The second-order valence-electron chi connectivity index (χ2n) is 4.68. The number of benzene rings is 1. The van der Waals surface area contributed by atoms with E-state index in [0.717, 1.165) is 5.56 Å². The van der Waals surface area contributed by atoms with Gasteiger partial charge in [-0.2, -0.15) is 5.48 Å². The van der Waals surface area contributed by atoms with Crippen molar-refractivity contribution in [1.29, 1.82) is 0 Å². The Hall–Kier alpha value is -1.55. The fourth-order valence-corrected chi connectivity index (χ4v) is 1.48. The average Bonchev–Trinajstić information content (AvgIpc) is 2.17. The van der Waals surface area contributed by atoms with Gasteiger partial charge in [-0.05, 0) is 11.0 Å². The number of amides is 1.